The first-order valence-electron chi connectivity index (χ1n) is 4.61. The molecule has 0 bridgehead atoms. The fourth-order valence-electron chi connectivity index (χ4n) is 1.02. The van der Waals surface area contributed by atoms with Crippen LogP contribution in [0.3, 0.4) is 0 Å². The Balaban J connectivity index is 1.93. The van der Waals surface area contributed by atoms with Gasteiger partial charge in [-0.25, -0.2) is 4.98 Å². The SMILES string of the molecule is CCc1nc(SCc2nnc(C)o2)n[nH]1. The zero-order chi connectivity index (χ0) is 10.7. The second-order valence-corrected chi connectivity index (χ2v) is 3.86. The molecule has 0 amide bonds. The first-order valence-corrected chi connectivity index (χ1v) is 5.59. The van der Waals surface area contributed by atoms with Crippen LogP contribution in [-0.4, -0.2) is 25.4 Å². The number of nitrogens with zero attached hydrogens (tertiary/aromatic N) is 4. The molecule has 0 saturated heterocycles. The highest BCUT2D eigenvalue weighted by molar-refractivity contribution is 7.98. The summed E-state index contributed by atoms with van der Waals surface area (Å²) in [6.45, 7) is 3.79. The Bertz CT molecular complexity index is 438. The maximum Gasteiger partial charge on any atom is 0.226 e. The lowest BCUT2D eigenvalue weighted by atomic mass is 10.5. The average Bonchev–Trinajstić information content (AvgIpc) is 2.83. The lowest BCUT2D eigenvalue weighted by Crippen LogP contribution is -1.83. The van der Waals surface area contributed by atoms with Crippen LogP contribution in [0.1, 0.15) is 24.5 Å². The Kier molecular flexibility index (Phi) is 3.00. The van der Waals surface area contributed by atoms with Crippen molar-refractivity contribution in [3.63, 3.8) is 0 Å². The quantitative estimate of drug-likeness (QED) is 0.791. The van der Waals surface area contributed by atoms with Gasteiger partial charge in [0.05, 0.1) is 5.75 Å². The number of aromatic nitrogens is 5. The molecule has 2 rings (SSSR count). The van der Waals surface area contributed by atoms with E-state index in [1.807, 2.05) is 6.92 Å². The maximum absolute atomic E-state index is 5.23. The van der Waals surface area contributed by atoms with Crippen LogP contribution in [0.5, 0.6) is 0 Å². The normalized spacial score (nSPS) is 10.8. The summed E-state index contributed by atoms with van der Waals surface area (Å²) in [5, 5.41) is 15.2. The van der Waals surface area contributed by atoms with E-state index in [-0.39, 0.29) is 0 Å². The summed E-state index contributed by atoms with van der Waals surface area (Å²) in [6.07, 6.45) is 0.854. The number of aromatic amines is 1. The smallest absolute Gasteiger partial charge is 0.226 e. The van der Waals surface area contributed by atoms with Crippen LogP contribution >= 0.6 is 11.8 Å². The van der Waals surface area contributed by atoms with Gasteiger partial charge in [0.1, 0.15) is 5.82 Å². The van der Waals surface area contributed by atoms with Gasteiger partial charge in [0.15, 0.2) is 0 Å². The number of hydrogen-bond acceptors (Lipinski definition) is 6. The maximum atomic E-state index is 5.23. The van der Waals surface area contributed by atoms with Crippen LogP contribution in [0, 0.1) is 6.92 Å². The molecule has 7 heteroatoms. The molecule has 0 aliphatic heterocycles. The van der Waals surface area contributed by atoms with Crippen molar-refractivity contribution in [1.29, 1.82) is 0 Å². The van der Waals surface area contributed by atoms with Crippen LogP contribution in [0.25, 0.3) is 0 Å². The number of rotatable bonds is 4. The summed E-state index contributed by atoms with van der Waals surface area (Å²) in [5.41, 5.74) is 0. The van der Waals surface area contributed by atoms with E-state index in [1.165, 1.54) is 11.8 Å². The zero-order valence-corrected chi connectivity index (χ0v) is 9.34. The molecule has 2 aromatic heterocycles. The van der Waals surface area contributed by atoms with Crippen molar-refractivity contribution >= 4 is 11.8 Å². The summed E-state index contributed by atoms with van der Waals surface area (Å²) in [7, 11) is 0. The number of nitrogens with one attached hydrogen (secondary N) is 1. The molecule has 0 unspecified atom stereocenters. The summed E-state index contributed by atoms with van der Waals surface area (Å²) >= 11 is 1.47. The van der Waals surface area contributed by atoms with Gasteiger partial charge in [-0.15, -0.1) is 15.3 Å². The molecule has 0 radical (unpaired) electrons. The van der Waals surface area contributed by atoms with Gasteiger partial charge in [0.2, 0.25) is 16.9 Å². The van der Waals surface area contributed by atoms with Crippen molar-refractivity contribution in [3.8, 4) is 0 Å². The minimum atomic E-state index is 0.579. The summed E-state index contributed by atoms with van der Waals surface area (Å²) in [6, 6.07) is 0. The largest absolute Gasteiger partial charge is 0.425 e. The first-order chi connectivity index (χ1) is 7.28. The van der Waals surface area contributed by atoms with E-state index >= 15 is 0 Å². The van der Waals surface area contributed by atoms with Crippen molar-refractivity contribution < 1.29 is 4.42 Å². The van der Waals surface area contributed by atoms with E-state index in [2.05, 4.69) is 25.4 Å². The Morgan fingerprint density at radius 1 is 1.40 bits per heavy atom. The van der Waals surface area contributed by atoms with Gasteiger partial charge in [-0.1, -0.05) is 18.7 Å². The predicted molar refractivity (Wildman–Crippen MR) is 54.4 cm³/mol. The molecule has 0 atom stereocenters. The topological polar surface area (TPSA) is 80.5 Å². The van der Waals surface area contributed by atoms with Gasteiger partial charge in [-0.2, -0.15) is 0 Å². The highest BCUT2D eigenvalue weighted by atomic mass is 32.2. The van der Waals surface area contributed by atoms with Crippen molar-refractivity contribution in [2.45, 2.75) is 31.2 Å². The molecule has 1 N–H and O–H groups in total. The van der Waals surface area contributed by atoms with E-state index in [1.54, 1.807) is 6.92 Å². The highest BCUT2D eigenvalue weighted by Gasteiger charge is 2.06. The molecule has 0 aliphatic carbocycles. The molecular formula is C8H11N5OS. The first kappa shape index (κ1) is 10.2. The van der Waals surface area contributed by atoms with Gasteiger partial charge in [-0.3, -0.25) is 5.10 Å². The molecule has 6 nitrogen and oxygen atoms in total. The Labute approximate surface area is 90.9 Å². The molecule has 2 aromatic rings. The summed E-state index contributed by atoms with van der Waals surface area (Å²) in [4.78, 5) is 4.26. The number of hydrogen-bond donors (Lipinski definition) is 1. The van der Waals surface area contributed by atoms with Crippen LogP contribution in [-0.2, 0) is 12.2 Å². The summed E-state index contributed by atoms with van der Waals surface area (Å²) in [5.74, 6) is 2.66. The van der Waals surface area contributed by atoms with Crippen molar-refractivity contribution in [2.75, 3.05) is 0 Å². The highest BCUT2D eigenvalue weighted by Crippen LogP contribution is 2.17. The van der Waals surface area contributed by atoms with Crippen LogP contribution in [0.4, 0.5) is 0 Å². The van der Waals surface area contributed by atoms with E-state index in [0.29, 0.717) is 22.7 Å². The van der Waals surface area contributed by atoms with Gasteiger partial charge >= 0.3 is 0 Å². The van der Waals surface area contributed by atoms with Crippen molar-refractivity contribution in [1.82, 2.24) is 25.4 Å². The standard InChI is InChI=1S/C8H11N5OS/c1-3-6-9-8(13-11-6)15-4-7-12-10-5(2)14-7/h3-4H2,1-2H3,(H,9,11,13). The predicted octanol–water partition coefficient (Wildman–Crippen LogP) is 1.35. The lowest BCUT2D eigenvalue weighted by molar-refractivity contribution is 0.485. The van der Waals surface area contributed by atoms with E-state index in [4.69, 9.17) is 4.42 Å². The Hall–Kier alpha value is -1.37. The van der Waals surface area contributed by atoms with E-state index < -0.39 is 0 Å². The molecule has 15 heavy (non-hydrogen) atoms. The third kappa shape index (κ3) is 2.56. The van der Waals surface area contributed by atoms with E-state index in [0.717, 1.165) is 12.2 Å². The van der Waals surface area contributed by atoms with Crippen LogP contribution < -0.4 is 0 Å². The minimum Gasteiger partial charge on any atom is -0.425 e. The third-order valence-electron chi connectivity index (χ3n) is 1.74. The molecular weight excluding hydrogens is 214 g/mol. The van der Waals surface area contributed by atoms with Gasteiger partial charge in [-0.05, 0) is 0 Å². The van der Waals surface area contributed by atoms with Gasteiger partial charge < -0.3 is 4.42 Å². The number of aryl methyl sites for hydroxylation is 2. The molecule has 80 valence electrons. The third-order valence-corrected chi connectivity index (χ3v) is 2.57. The molecule has 2 heterocycles. The minimum absolute atomic E-state index is 0.579. The number of thioether (sulfide) groups is 1. The molecule has 0 saturated carbocycles. The van der Waals surface area contributed by atoms with Crippen LogP contribution in [0.15, 0.2) is 9.57 Å². The lowest BCUT2D eigenvalue weighted by Gasteiger charge is -1.89. The Morgan fingerprint density at radius 3 is 2.87 bits per heavy atom. The van der Waals surface area contributed by atoms with Crippen molar-refractivity contribution in [2.24, 2.45) is 0 Å². The van der Waals surface area contributed by atoms with Crippen molar-refractivity contribution in [3.05, 3.63) is 17.6 Å². The van der Waals surface area contributed by atoms with Gasteiger partial charge in [0, 0.05) is 13.3 Å². The molecule has 0 spiro atoms. The second-order valence-electron chi connectivity index (χ2n) is 2.92. The summed E-state index contributed by atoms with van der Waals surface area (Å²) < 4.78 is 5.23. The fraction of sp³-hybridized carbons (Fsp3) is 0.500. The van der Waals surface area contributed by atoms with Crippen LogP contribution in [0.2, 0.25) is 0 Å². The van der Waals surface area contributed by atoms with E-state index in [9.17, 15) is 0 Å². The second kappa shape index (κ2) is 4.43. The molecule has 0 fully saturated rings. The average molecular weight is 225 g/mol. The zero-order valence-electron chi connectivity index (χ0n) is 8.52. The molecule has 0 aliphatic rings. The van der Waals surface area contributed by atoms with Gasteiger partial charge in [0.25, 0.3) is 0 Å². The molecule has 0 aromatic carbocycles. The number of H-pyrrole nitrogens is 1. The Morgan fingerprint density at radius 2 is 2.27 bits per heavy atom. The fourth-order valence-corrected chi connectivity index (χ4v) is 1.68. The monoisotopic (exact) mass is 225 g/mol.